The molecule has 2 aromatic heterocycles. The molecule has 0 saturated carbocycles. The molecular formula is C20H20F5N7. The van der Waals surface area contributed by atoms with Crippen molar-refractivity contribution in [2.75, 3.05) is 36.4 Å². The van der Waals surface area contributed by atoms with Crippen LogP contribution in [0.3, 0.4) is 0 Å². The Balaban J connectivity index is 1.73. The summed E-state index contributed by atoms with van der Waals surface area (Å²) in [5, 5.41) is 15.8. The van der Waals surface area contributed by atoms with Gasteiger partial charge < -0.3 is 15.5 Å². The van der Waals surface area contributed by atoms with Gasteiger partial charge in [-0.1, -0.05) is 0 Å². The number of nitrogens with zero attached hydrogens (tertiary/aromatic N) is 5. The molecule has 0 spiro atoms. The van der Waals surface area contributed by atoms with Crippen LogP contribution in [0.5, 0.6) is 0 Å². The summed E-state index contributed by atoms with van der Waals surface area (Å²) in [4.78, 5) is 13.9. The molecule has 0 aromatic carbocycles. The lowest BCUT2D eigenvalue weighted by atomic mass is 9.77. The number of nitriles is 1. The molecule has 0 unspecified atom stereocenters. The Morgan fingerprint density at radius 1 is 1.09 bits per heavy atom. The van der Waals surface area contributed by atoms with Crippen molar-refractivity contribution in [2.45, 2.75) is 36.8 Å². The first-order chi connectivity index (χ1) is 15.1. The maximum Gasteiger partial charge on any atom is 0.416 e. The van der Waals surface area contributed by atoms with Crippen molar-refractivity contribution in [1.82, 2.24) is 20.3 Å². The number of aromatic nitrogens is 3. The SMILES string of the molecule is N#CC1(c2cc(Nc3cc(C(F)(F)F)ccn3)nc(N3CCC(F)(F)C3)n2)CCNCC1. The Morgan fingerprint density at radius 3 is 2.47 bits per heavy atom. The van der Waals surface area contributed by atoms with E-state index < -0.39 is 29.6 Å². The van der Waals surface area contributed by atoms with E-state index in [1.165, 1.54) is 11.0 Å². The second kappa shape index (κ2) is 8.12. The lowest BCUT2D eigenvalue weighted by Gasteiger charge is -2.31. The highest BCUT2D eigenvalue weighted by Crippen LogP contribution is 2.36. The van der Waals surface area contributed by atoms with Crippen molar-refractivity contribution in [3.05, 3.63) is 35.7 Å². The summed E-state index contributed by atoms with van der Waals surface area (Å²) in [6, 6.07) is 5.45. The molecule has 170 valence electrons. The molecular weight excluding hydrogens is 433 g/mol. The Labute approximate surface area is 180 Å². The van der Waals surface area contributed by atoms with Crippen LogP contribution >= 0.6 is 0 Å². The van der Waals surface area contributed by atoms with E-state index in [9.17, 15) is 27.2 Å². The molecule has 0 atom stereocenters. The first-order valence-corrected chi connectivity index (χ1v) is 10.0. The third-order valence-corrected chi connectivity index (χ3v) is 5.67. The fourth-order valence-electron chi connectivity index (χ4n) is 3.88. The Morgan fingerprint density at radius 2 is 1.84 bits per heavy atom. The first-order valence-electron chi connectivity index (χ1n) is 10.0. The van der Waals surface area contributed by atoms with Crippen LogP contribution in [0.1, 0.15) is 30.5 Å². The van der Waals surface area contributed by atoms with Crippen LogP contribution in [0.2, 0.25) is 0 Å². The van der Waals surface area contributed by atoms with E-state index in [1.54, 1.807) is 0 Å². The molecule has 7 nitrogen and oxygen atoms in total. The van der Waals surface area contributed by atoms with E-state index in [1.807, 2.05) is 0 Å². The zero-order valence-electron chi connectivity index (χ0n) is 16.9. The van der Waals surface area contributed by atoms with Crippen molar-refractivity contribution in [3.63, 3.8) is 0 Å². The highest BCUT2D eigenvalue weighted by Gasteiger charge is 2.41. The average molecular weight is 453 g/mol. The summed E-state index contributed by atoms with van der Waals surface area (Å²) in [6.07, 6.45) is -2.98. The number of rotatable bonds is 4. The summed E-state index contributed by atoms with van der Waals surface area (Å²) in [7, 11) is 0. The van der Waals surface area contributed by atoms with Gasteiger partial charge in [-0.15, -0.1) is 0 Å². The monoisotopic (exact) mass is 453 g/mol. The molecule has 0 bridgehead atoms. The number of nitrogens with one attached hydrogen (secondary N) is 2. The van der Waals surface area contributed by atoms with Crippen LogP contribution in [0.4, 0.5) is 39.5 Å². The molecule has 2 aromatic rings. The summed E-state index contributed by atoms with van der Waals surface area (Å²) in [6.45, 7) is 0.608. The lowest BCUT2D eigenvalue weighted by molar-refractivity contribution is -0.137. The predicted molar refractivity (Wildman–Crippen MR) is 106 cm³/mol. The molecule has 0 aliphatic carbocycles. The summed E-state index contributed by atoms with van der Waals surface area (Å²) in [5.74, 6) is -2.92. The minimum atomic E-state index is -4.55. The normalized spacial score (nSPS) is 20.1. The number of halogens is 5. The van der Waals surface area contributed by atoms with Gasteiger partial charge in [0.1, 0.15) is 17.1 Å². The van der Waals surface area contributed by atoms with E-state index in [2.05, 4.69) is 31.7 Å². The van der Waals surface area contributed by atoms with E-state index in [0.717, 1.165) is 18.3 Å². The molecule has 2 saturated heterocycles. The Kier molecular flexibility index (Phi) is 5.62. The van der Waals surface area contributed by atoms with Crippen LogP contribution in [-0.2, 0) is 11.6 Å². The predicted octanol–water partition coefficient (Wildman–Crippen LogP) is 3.62. The molecule has 2 aliphatic heterocycles. The molecule has 0 radical (unpaired) electrons. The summed E-state index contributed by atoms with van der Waals surface area (Å²) < 4.78 is 66.7. The van der Waals surface area contributed by atoms with Gasteiger partial charge in [0.2, 0.25) is 5.95 Å². The first kappa shape index (κ1) is 22.1. The minimum Gasteiger partial charge on any atom is -0.334 e. The van der Waals surface area contributed by atoms with Crippen molar-refractivity contribution < 1.29 is 22.0 Å². The van der Waals surface area contributed by atoms with E-state index in [-0.39, 0.29) is 30.5 Å². The summed E-state index contributed by atoms with van der Waals surface area (Å²) in [5.41, 5.74) is -1.50. The second-order valence-electron chi connectivity index (χ2n) is 7.96. The van der Waals surface area contributed by atoms with Crippen LogP contribution in [-0.4, -0.2) is 47.1 Å². The van der Waals surface area contributed by atoms with Gasteiger partial charge in [0.15, 0.2) is 0 Å². The molecule has 2 aliphatic rings. The molecule has 2 fully saturated rings. The second-order valence-corrected chi connectivity index (χ2v) is 7.96. The van der Waals surface area contributed by atoms with Gasteiger partial charge in [0.25, 0.3) is 5.92 Å². The van der Waals surface area contributed by atoms with Gasteiger partial charge in [-0.05, 0) is 38.1 Å². The maximum atomic E-state index is 13.8. The number of hydrogen-bond acceptors (Lipinski definition) is 7. The molecule has 12 heteroatoms. The van der Waals surface area contributed by atoms with E-state index >= 15 is 0 Å². The lowest BCUT2D eigenvalue weighted by Crippen LogP contribution is -2.40. The van der Waals surface area contributed by atoms with Crippen molar-refractivity contribution in [2.24, 2.45) is 0 Å². The number of pyridine rings is 1. The van der Waals surface area contributed by atoms with E-state index in [0.29, 0.717) is 31.6 Å². The van der Waals surface area contributed by atoms with Crippen molar-refractivity contribution >= 4 is 17.6 Å². The fourth-order valence-corrected chi connectivity index (χ4v) is 3.88. The third-order valence-electron chi connectivity index (χ3n) is 5.67. The molecule has 0 amide bonds. The Bertz CT molecular complexity index is 1030. The maximum absolute atomic E-state index is 13.8. The third kappa shape index (κ3) is 4.57. The standard InChI is InChI=1S/C20H20F5N7/c21-19(22)4-8-32(12-19)17-29-14(18(11-26)2-6-27-7-3-18)10-16(31-17)30-15-9-13(1-5-28-15)20(23,24)25/h1,5,9-10,27H,2-4,6-8,12H2,(H,28,29,30,31). The number of alkyl halides is 5. The van der Waals surface area contributed by atoms with Gasteiger partial charge in [-0.25, -0.2) is 18.7 Å². The van der Waals surface area contributed by atoms with Crippen LogP contribution in [0.15, 0.2) is 24.4 Å². The average Bonchev–Trinajstić information content (AvgIpc) is 3.13. The number of hydrogen-bond donors (Lipinski definition) is 2. The van der Waals surface area contributed by atoms with Crippen molar-refractivity contribution in [1.29, 1.82) is 5.26 Å². The van der Waals surface area contributed by atoms with Gasteiger partial charge in [0, 0.05) is 25.2 Å². The van der Waals surface area contributed by atoms with Gasteiger partial charge in [-0.2, -0.15) is 23.4 Å². The quantitative estimate of drug-likeness (QED) is 0.684. The van der Waals surface area contributed by atoms with Crippen molar-refractivity contribution in [3.8, 4) is 6.07 Å². The summed E-state index contributed by atoms with van der Waals surface area (Å²) >= 11 is 0. The fraction of sp³-hybridized carbons (Fsp3) is 0.500. The minimum absolute atomic E-state index is 0.00214. The highest BCUT2D eigenvalue weighted by molar-refractivity contribution is 5.56. The van der Waals surface area contributed by atoms with E-state index in [4.69, 9.17) is 0 Å². The smallest absolute Gasteiger partial charge is 0.334 e. The van der Waals surface area contributed by atoms with Crippen LogP contribution in [0.25, 0.3) is 0 Å². The van der Waals surface area contributed by atoms with Crippen LogP contribution in [0, 0.1) is 11.3 Å². The molecule has 2 N–H and O–H groups in total. The number of piperidine rings is 1. The van der Waals surface area contributed by atoms with Gasteiger partial charge in [-0.3, -0.25) is 0 Å². The zero-order valence-corrected chi connectivity index (χ0v) is 16.9. The van der Waals surface area contributed by atoms with Crippen LogP contribution < -0.4 is 15.5 Å². The molecule has 32 heavy (non-hydrogen) atoms. The largest absolute Gasteiger partial charge is 0.416 e. The van der Waals surface area contributed by atoms with Gasteiger partial charge in [0.05, 0.1) is 23.9 Å². The zero-order chi connectivity index (χ0) is 23.0. The molecule has 4 heterocycles. The topological polar surface area (TPSA) is 89.8 Å². The molecule has 4 rings (SSSR count). The van der Waals surface area contributed by atoms with Gasteiger partial charge >= 0.3 is 6.18 Å². The number of anilines is 3. The highest BCUT2D eigenvalue weighted by atomic mass is 19.4. The Hall–Kier alpha value is -3.07.